The van der Waals surface area contributed by atoms with Gasteiger partial charge in [0.1, 0.15) is 17.3 Å². The Morgan fingerprint density at radius 1 is 0.690 bits per heavy atom. The van der Waals surface area contributed by atoms with Crippen LogP contribution in [0.1, 0.15) is 185 Å². The van der Waals surface area contributed by atoms with Crippen LogP contribution in [0.5, 0.6) is 0 Å². The number of aliphatic hydroxyl groups is 1. The highest BCUT2D eigenvalue weighted by Crippen LogP contribution is 2.71. The predicted octanol–water partition coefficient (Wildman–Crippen LogP) is 9.93. The molecule has 1 N–H and O–H groups in total. The van der Waals surface area contributed by atoms with Crippen molar-refractivity contribution in [3.8, 4) is 0 Å². The Morgan fingerprint density at radius 2 is 1.26 bits per heavy atom. The van der Waals surface area contributed by atoms with Crippen LogP contribution in [0.25, 0.3) is 0 Å². The summed E-state index contributed by atoms with van der Waals surface area (Å²) in [6.07, 6.45) is 18.1. The van der Waals surface area contributed by atoms with E-state index in [0.29, 0.717) is 30.6 Å². The summed E-state index contributed by atoms with van der Waals surface area (Å²) >= 11 is 0. The molecule has 9 saturated carbocycles. The van der Waals surface area contributed by atoms with Crippen LogP contribution in [0, 0.1) is 69.5 Å². The van der Waals surface area contributed by atoms with Gasteiger partial charge in [0.15, 0.2) is 0 Å². The molecule has 12 unspecified atom stereocenters. The molecule has 0 amide bonds. The van der Waals surface area contributed by atoms with E-state index in [1.54, 1.807) is 0 Å². The highest BCUT2D eigenvalue weighted by molar-refractivity contribution is 5.83. The summed E-state index contributed by atoms with van der Waals surface area (Å²) in [6, 6.07) is 0. The minimum Gasteiger partial charge on any atom is -0.459 e. The molecule has 8 bridgehead atoms. The highest BCUT2D eigenvalue weighted by atomic mass is 16.6. The minimum atomic E-state index is -0.666. The van der Waals surface area contributed by atoms with Gasteiger partial charge in [-0.05, 0) is 192 Å². The third kappa shape index (κ3) is 7.91. The molecular formula is C49H78O9. The van der Waals surface area contributed by atoms with Gasteiger partial charge in [0.25, 0.3) is 0 Å². The molecule has 58 heavy (non-hydrogen) atoms. The van der Waals surface area contributed by atoms with E-state index in [2.05, 4.69) is 13.8 Å². The summed E-state index contributed by atoms with van der Waals surface area (Å²) in [5.41, 5.74) is -2.32. The topological polar surface area (TPSA) is 125 Å². The first-order valence-electron chi connectivity index (χ1n) is 23.7. The average Bonchev–Trinajstić information content (AvgIpc) is 4.02. The lowest BCUT2D eigenvalue weighted by molar-refractivity contribution is -0.225. The smallest absolute Gasteiger partial charge is 0.348 e. The van der Waals surface area contributed by atoms with Crippen molar-refractivity contribution in [3.63, 3.8) is 0 Å². The molecule has 9 aliphatic carbocycles. The van der Waals surface area contributed by atoms with Gasteiger partial charge in [0, 0.05) is 18.3 Å². The Hall–Kier alpha value is -2.16. The van der Waals surface area contributed by atoms with Crippen LogP contribution < -0.4 is 0 Å². The van der Waals surface area contributed by atoms with Crippen LogP contribution in [0.2, 0.25) is 0 Å². The predicted molar refractivity (Wildman–Crippen MR) is 221 cm³/mol. The van der Waals surface area contributed by atoms with Gasteiger partial charge in [-0.2, -0.15) is 0 Å². The molecule has 0 aromatic heterocycles. The van der Waals surface area contributed by atoms with Gasteiger partial charge in [-0.25, -0.2) is 4.79 Å². The van der Waals surface area contributed by atoms with E-state index in [1.165, 1.54) is 32.1 Å². The lowest BCUT2D eigenvalue weighted by Gasteiger charge is -2.59. The van der Waals surface area contributed by atoms with E-state index in [9.17, 15) is 24.3 Å². The zero-order valence-corrected chi connectivity index (χ0v) is 37.8. The van der Waals surface area contributed by atoms with Crippen molar-refractivity contribution < 1.29 is 43.2 Å². The summed E-state index contributed by atoms with van der Waals surface area (Å²) < 4.78 is 22.9. The van der Waals surface area contributed by atoms with E-state index in [4.69, 9.17) is 18.9 Å². The maximum atomic E-state index is 12.7. The maximum Gasteiger partial charge on any atom is 0.348 e. The van der Waals surface area contributed by atoms with E-state index in [1.807, 2.05) is 55.4 Å². The van der Waals surface area contributed by atoms with E-state index in [-0.39, 0.29) is 52.5 Å². The number of rotatable bonds is 10. The molecule has 1 saturated heterocycles. The van der Waals surface area contributed by atoms with Crippen LogP contribution in [0.4, 0.5) is 0 Å². The molecule has 9 heteroatoms. The number of ether oxygens (including phenoxy) is 4. The molecule has 9 nitrogen and oxygen atoms in total. The molecule has 0 radical (unpaired) electrons. The average molecular weight is 811 g/mol. The zero-order valence-electron chi connectivity index (χ0n) is 37.8. The van der Waals surface area contributed by atoms with Crippen LogP contribution in [0.3, 0.4) is 0 Å². The Bertz CT molecular complexity index is 1560. The quantitative estimate of drug-likeness (QED) is 0.130. The molecule has 328 valence electrons. The number of esters is 4. The first-order chi connectivity index (χ1) is 27.1. The summed E-state index contributed by atoms with van der Waals surface area (Å²) in [7, 11) is 0. The molecule has 12 atom stereocenters. The number of hydrogen-bond donors (Lipinski definition) is 1. The van der Waals surface area contributed by atoms with Crippen LogP contribution in [-0.4, -0.2) is 58.0 Å². The second-order valence-electron chi connectivity index (χ2n) is 23.0. The second-order valence-corrected chi connectivity index (χ2v) is 23.0. The molecule has 10 aliphatic rings. The molecule has 0 aromatic carbocycles. The van der Waals surface area contributed by atoms with Crippen molar-refractivity contribution in [2.75, 3.05) is 0 Å². The standard InChI is InChI=1S/C20H32O2.C16H26O3.C13H20O4/c1-5-19(3,4)18(21)22-20(6-2)11-14-10-15(20)17-13-8-7-12(9-13)16(14)17;1-4-14(2,3)13(17)19-16-8-11-5-12(9-16)7-15(18,6-11)10-16;1-4-13(2,3)12(15)17-10-8-6-5-7-9(8)16-11(10)14/h12-17H,5-11H2,1-4H3;11-12,18H,4-10H2,1-3H3;8-10H,4-7H2,1-3H3. The van der Waals surface area contributed by atoms with Gasteiger partial charge in [0.05, 0.1) is 21.8 Å². The number of hydrogen-bond acceptors (Lipinski definition) is 9. The fraction of sp³-hybridized carbons (Fsp3) is 0.918. The lowest BCUT2D eigenvalue weighted by Crippen LogP contribution is -2.61. The van der Waals surface area contributed by atoms with Crippen LogP contribution in [-0.2, 0) is 38.1 Å². The van der Waals surface area contributed by atoms with Gasteiger partial charge < -0.3 is 24.1 Å². The summed E-state index contributed by atoms with van der Waals surface area (Å²) in [5, 5.41) is 10.6. The maximum absolute atomic E-state index is 12.7. The molecule has 1 heterocycles. The van der Waals surface area contributed by atoms with Crippen LogP contribution in [0.15, 0.2) is 0 Å². The molecule has 1 aliphatic heterocycles. The van der Waals surface area contributed by atoms with Crippen LogP contribution >= 0.6 is 0 Å². The minimum absolute atomic E-state index is 0.0231. The fourth-order valence-corrected chi connectivity index (χ4v) is 13.9. The number of carbonyl (C=O) groups is 4. The van der Waals surface area contributed by atoms with E-state index in [0.717, 1.165) is 100 Å². The first-order valence-corrected chi connectivity index (χ1v) is 23.7. The van der Waals surface area contributed by atoms with Gasteiger partial charge in [-0.1, -0.05) is 27.7 Å². The Morgan fingerprint density at radius 3 is 1.83 bits per heavy atom. The van der Waals surface area contributed by atoms with E-state index >= 15 is 0 Å². The SMILES string of the molecule is CCC(C)(C)C(=O)OC1(CC)CC2CC1C1C3CCC(C3)C21.CCC(C)(C)C(=O)OC12CC3CC(CC(O)(C3)C1)C2.CCC(C)(C)C(=O)OC1C(=O)OC2CCCC21. The van der Waals surface area contributed by atoms with Crippen molar-refractivity contribution in [2.24, 2.45) is 69.5 Å². The van der Waals surface area contributed by atoms with Gasteiger partial charge in [-0.3, -0.25) is 14.4 Å². The van der Waals surface area contributed by atoms with Gasteiger partial charge >= 0.3 is 23.9 Å². The number of fused-ring (bicyclic) bond motifs is 10. The second kappa shape index (κ2) is 15.6. The van der Waals surface area contributed by atoms with Crippen molar-refractivity contribution in [1.29, 1.82) is 0 Å². The Kier molecular flexibility index (Phi) is 11.8. The highest BCUT2D eigenvalue weighted by Gasteiger charge is 2.68. The molecule has 0 aromatic rings. The largest absolute Gasteiger partial charge is 0.459 e. The zero-order chi connectivity index (χ0) is 42.2. The monoisotopic (exact) mass is 811 g/mol. The molecular weight excluding hydrogens is 733 g/mol. The van der Waals surface area contributed by atoms with Gasteiger partial charge in [-0.15, -0.1) is 0 Å². The van der Waals surface area contributed by atoms with E-state index < -0.39 is 22.5 Å². The van der Waals surface area contributed by atoms with Crippen molar-refractivity contribution >= 4 is 23.9 Å². The fourth-order valence-electron chi connectivity index (χ4n) is 13.9. The van der Waals surface area contributed by atoms with Crippen molar-refractivity contribution in [2.45, 2.75) is 214 Å². The third-order valence-corrected chi connectivity index (χ3v) is 18.0. The summed E-state index contributed by atoms with van der Waals surface area (Å²) in [5.74, 6) is 5.86. The Balaban J connectivity index is 0.000000134. The Labute approximate surface area is 349 Å². The third-order valence-electron chi connectivity index (χ3n) is 18.0. The lowest BCUT2D eigenvalue weighted by atomic mass is 9.52. The number of carbonyl (C=O) groups excluding carboxylic acids is 4. The summed E-state index contributed by atoms with van der Waals surface area (Å²) in [6.45, 7) is 19.9. The van der Waals surface area contributed by atoms with Crippen molar-refractivity contribution in [3.05, 3.63) is 0 Å². The van der Waals surface area contributed by atoms with Gasteiger partial charge in [0.2, 0.25) is 6.10 Å². The molecule has 10 rings (SSSR count). The normalized spacial score (nSPS) is 42.5. The molecule has 0 spiro atoms. The summed E-state index contributed by atoms with van der Waals surface area (Å²) in [4.78, 5) is 48.7. The molecule has 10 fully saturated rings. The van der Waals surface area contributed by atoms with Crippen molar-refractivity contribution in [1.82, 2.24) is 0 Å². The first kappa shape index (κ1) is 43.9.